The van der Waals surface area contributed by atoms with Crippen LogP contribution in [0.2, 0.25) is 5.02 Å². The molecule has 1 heterocycles. The van der Waals surface area contributed by atoms with Gasteiger partial charge in [0.05, 0.1) is 18.2 Å². The minimum Gasteiger partial charge on any atom is -0.507 e. The van der Waals surface area contributed by atoms with Gasteiger partial charge in [-0.2, -0.15) is 0 Å². The number of likely N-dealkylation sites (tertiary alicyclic amines) is 1. The van der Waals surface area contributed by atoms with Gasteiger partial charge in [0.15, 0.2) is 0 Å². The third-order valence-corrected chi connectivity index (χ3v) is 5.36. The zero-order valence-electron chi connectivity index (χ0n) is 18.0. The molecule has 1 aliphatic rings. The second kappa shape index (κ2) is 9.98. The van der Waals surface area contributed by atoms with Gasteiger partial charge >= 0.3 is 0 Å². The van der Waals surface area contributed by atoms with Gasteiger partial charge < -0.3 is 19.6 Å². The van der Waals surface area contributed by atoms with Crippen molar-refractivity contribution in [3.63, 3.8) is 0 Å². The second-order valence-electron chi connectivity index (χ2n) is 7.67. The topological polar surface area (TPSA) is 70.1 Å². The van der Waals surface area contributed by atoms with E-state index < -0.39 is 17.7 Å². The Morgan fingerprint density at radius 2 is 1.90 bits per heavy atom. The number of nitrogens with zero attached hydrogens (tertiary/aromatic N) is 2. The lowest BCUT2D eigenvalue weighted by Gasteiger charge is -2.26. The molecular formula is C24H27ClN2O4. The monoisotopic (exact) mass is 442 g/mol. The molecule has 1 N–H and O–H groups in total. The Labute approximate surface area is 187 Å². The average Bonchev–Trinajstić information content (AvgIpc) is 2.98. The van der Waals surface area contributed by atoms with E-state index in [-0.39, 0.29) is 11.3 Å². The highest BCUT2D eigenvalue weighted by Gasteiger charge is 2.45. The summed E-state index contributed by atoms with van der Waals surface area (Å²) in [6.45, 7) is 3.49. The van der Waals surface area contributed by atoms with Gasteiger partial charge in [-0.3, -0.25) is 9.59 Å². The Kier molecular flexibility index (Phi) is 7.36. The van der Waals surface area contributed by atoms with Gasteiger partial charge in [-0.15, -0.1) is 0 Å². The predicted octanol–water partition coefficient (Wildman–Crippen LogP) is 4.11. The SMILES string of the molecule is CCOc1cccc(C(O)=C2C(=O)C(=O)N(CCCN(C)C)C2c2cccc(Cl)c2)c1. The molecule has 3 rings (SSSR count). The van der Waals surface area contributed by atoms with Crippen LogP contribution in [0.25, 0.3) is 5.76 Å². The first-order chi connectivity index (χ1) is 14.8. The van der Waals surface area contributed by atoms with Crippen LogP contribution in [0.4, 0.5) is 0 Å². The van der Waals surface area contributed by atoms with Crippen LogP contribution in [-0.4, -0.2) is 60.4 Å². The number of hydrogen-bond acceptors (Lipinski definition) is 5. The third kappa shape index (κ3) is 5.09. The number of aliphatic hydroxyl groups excluding tert-OH is 1. The Morgan fingerprint density at radius 1 is 1.16 bits per heavy atom. The molecule has 31 heavy (non-hydrogen) atoms. The van der Waals surface area contributed by atoms with E-state index in [1.165, 1.54) is 4.90 Å². The molecular weight excluding hydrogens is 416 g/mol. The summed E-state index contributed by atoms with van der Waals surface area (Å²) in [5.41, 5.74) is 1.16. The van der Waals surface area contributed by atoms with Crippen molar-refractivity contribution in [1.29, 1.82) is 0 Å². The van der Waals surface area contributed by atoms with Crippen molar-refractivity contribution in [3.05, 3.63) is 70.3 Å². The highest BCUT2D eigenvalue weighted by atomic mass is 35.5. The van der Waals surface area contributed by atoms with E-state index in [2.05, 4.69) is 0 Å². The number of ketones is 1. The molecule has 164 valence electrons. The summed E-state index contributed by atoms with van der Waals surface area (Å²) >= 11 is 6.20. The van der Waals surface area contributed by atoms with Gasteiger partial charge in [-0.05, 0) is 63.8 Å². The first-order valence-electron chi connectivity index (χ1n) is 10.2. The van der Waals surface area contributed by atoms with E-state index in [9.17, 15) is 14.7 Å². The zero-order valence-corrected chi connectivity index (χ0v) is 18.7. The van der Waals surface area contributed by atoms with Crippen molar-refractivity contribution in [2.75, 3.05) is 33.8 Å². The van der Waals surface area contributed by atoms with Gasteiger partial charge in [0, 0.05) is 17.1 Å². The fourth-order valence-electron chi connectivity index (χ4n) is 3.75. The molecule has 6 nitrogen and oxygen atoms in total. The molecule has 1 saturated heterocycles. The largest absolute Gasteiger partial charge is 0.507 e. The number of halogens is 1. The van der Waals surface area contributed by atoms with Crippen LogP contribution in [0.1, 0.15) is 30.5 Å². The maximum absolute atomic E-state index is 13.0. The first kappa shape index (κ1) is 22.8. The number of ether oxygens (including phenoxy) is 1. The van der Waals surface area contributed by atoms with Crippen LogP contribution in [0, 0.1) is 0 Å². The third-order valence-electron chi connectivity index (χ3n) is 5.13. The van der Waals surface area contributed by atoms with E-state index in [4.69, 9.17) is 16.3 Å². The number of hydrogen-bond donors (Lipinski definition) is 1. The van der Waals surface area contributed by atoms with Crippen LogP contribution in [-0.2, 0) is 9.59 Å². The minimum absolute atomic E-state index is 0.0609. The molecule has 1 aliphatic heterocycles. The molecule has 2 aromatic rings. The second-order valence-corrected chi connectivity index (χ2v) is 8.10. The smallest absolute Gasteiger partial charge is 0.295 e. The molecule has 0 spiro atoms. The van der Waals surface area contributed by atoms with E-state index in [0.29, 0.717) is 41.5 Å². The number of benzene rings is 2. The lowest BCUT2D eigenvalue weighted by molar-refractivity contribution is -0.139. The van der Waals surface area contributed by atoms with Crippen molar-refractivity contribution >= 4 is 29.1 Å². The number of carbonyl (C=O) groups is 2. The van der Waals surface area contributed by atoms with Crippen molar-refractivity contribution in [2.45, 2.75) is 19.4 Å². The lowest BCUT2D eigenvalue weighted by Crippen LogP contribution is -2.32. The van der Waals surface area contributed by atoms with Gasteiger partial charge in [-0.1, -0.05) is 35.9 Å². The molecule has 2 aromatic carbocycles. The summed E-state index contributed by atoms with van der Waals surface area (Å²) < 4.78 is 5.51. The van der Waals surface area contributed by atoms with Crippen molar-refractivity contribution < 1.29 is 19.4 Å². The van der Waals surface area contributed by atoms with Crippen molar-refractivity contribution in [2.24, 2.45) is 0 Å². The molecule has 1 unspecified atom stereocenters. The number of Topliss-reactive ketones (excluding diaryl/α,β-unsaturated/α-hetero) is 1. The summed E-state index contributed by atoms with van der Waals surface area (Å²) in [6, 6.07) is 13.2. The van der Waals surface area contributed by atoms with E-state index in [0.717, 1.165) is 6.54 Å². The predicted molar refractivity (Wildman–Crippen MR) is 121 cm³/mol. The van der Waals surface area contributed by atoms with Crippen LogP contribution in [0.15, 0.2) is 54.1 Å². The van der Waals surface area contributed by atoms with E-state index in [1.807, 2.05) is 32.0 Å². The summed E-state index contributed by atoms with van der Waals surface area (Å²) in [5, 5.41) is 11.6. The Balaban J connectivity index is 2.09. The Morgan fingerprint density at radius 3 is 2.58 bits per heavy atom. The fourth-order valence-corrected chi connectivity index (χ4v) is 3.95. The first-order valence-corrected chi connectivity index (χ1v) is 10.6. The number of rotatable bonds is 8. The molecule has 0 radical (unpaired) electrons. The molecule has 0 aliphatic carbocycles. The van der Waals surface area contributed by atoms with Crippen LogP contribution >= 0.6 is 11.6 Å². The average molecular weight is 443 g/mol. The molecule has 1 amide bonds. The lowest BCUT2D eigenvalue weighted by atomic mass is 9.95. The number of amides is 1. The summed E-state index contributed by atoms with van der Waals surface area (Å²) in [4.78, 5) is 29.5. The maximum atomic E-state index is 13.0. The molecule has 0 bridgehead atoms. The highest BCUT2D eigenvalue weighted by molar-refractivity contribution is 6.46. The zero-order chi connectivity index (χ0) is 22.5. The van der Waals surface area contributed by atoms with Crippen molar-refractivity contribution in [3.8, 4) is 5.75 Å². The van der Waals surface area contributed by atoms with Gasteiger partial charge in [0.2, 0.25) is 0 Å². The van der Waals surface area contributed by atoms with Gasteiger partial charge in [0.1, 0.15) is 11.5 Å². The number of carbonyl (C=O) groups excluding carboxylic acids is 2. The molecule has 1 fully saturated rings. The normalized spacial score (nSPS) is 18.1. The van der Waals surface area contributed by atoms with E-state index in [1.54, 1.807) is 42.5 Å². The van der Waals surface area contributed by atoms with Crippen LogP contribution in [0.5, 0.6) is 5.75 Å². The molecule has 7 heteroatoms. The highest BCUT2D eigenvalue weighted by Crippen LogP contribution is 2.40. The van der Waals surface area contributed by atoms with E-state index >= 15 is 0 Å². The standard InChI is InChI=1S/C24H27ClN2O4/c1-4-31-19-11-6-9-17(15-19)22(28)20-21(16-8-5-10-18(25)14-16)27(24(30)23(20)29)13-7-12-26(2)3/h5-6,8-11,14-15,21,28H,4,7,12-13H2,1-3H3. The summed E-state index contributed by atoms with van der Waals surface area (Å²) in [5.74, 6) is -0.966. The molecule has 0 saturated carbocycles. The quantitative estimate of drug-likeness (QED) is 0.378. The molecule has 0 aromatic heterocycles. The van der Waals surface area contributed by atoms with Crippen molar-refractivity contribution in [1.82, 2.24) is 9.80 Å². The van der Waals surface area contributed by atoms with Crippen LogP contribution in [0.3, 0.4) is 0 Å². The summed E-state index contributed by atoms with van der Waals surface area (Å²) in [7, 11) is 3.90. The molecule has 1 atom stereocenters. The van der Waals surface area contributed by atoms with Gasteiger partial charge in [-0.25, -0.2) is 0 Å². The Hall–Kier alpha value is -2.83. The minimum atomic E-state index is -0.711. The van der Waals surface area contributed by atoms with Crippen LogP contribution < -0.4 is 4.74 Å². The Bertz CT molecular complexity index is 1000. The fraction of sp³-hybridized carbons (Fsp3) is 0.333. The maximum Gasteiger partial charge on any atom is 0.295 e. The summed E-state index contributed by atoms with van der Waals surface area (Å²) in [6.07, 6.45) is 0.691. The van der Waals surface area contributed by atoms with Gasteiger partial charge in [0.25, 0.3) is 11.7 Å². The number of aliphatic hydroxyl groups is 1.